The average Bonchev–Trinajstić information content (AvgIpc) is 2.91. The predicted octanol–water partition coefficient (Wildman–Crippen LogP) is 3.03. The average molecular weight is 325 g/mol. The Labute approximate surface area is 143 Å². The van der Waals surface area contributed by atoms with Gasteiger partial charge in [0.15, 0.2) is 0 Å². The highest BCUT2D eigenvalue weighted by molar-refractivity contribution is 5.86. The molecule has 0 radical (unpaired) electrons. The van der Waals surface area contributed by atoms with Gasteiger partial charge in [0.2, 0.25) is 5.91 Å². The Balaban J connectivity index is 1.47. The SMILES string of the molecule is C[C@@H]1C[C@@H](C)CN(CC(=O)N2CCc3[nH]c4ccccc4c3C2)C1. The second kappa shape index (κ2) is 6.25. The van der Waals surface area contributed by atoms with Crippen LogP contribution in [0.15, 0.2) is 24.3 Å². The predicted molar refractivity (Wildman–Crippen MR) is 96.8 cm³/mol. The Kier molecular flexibility index (Phi) is 4.09. The molecule has 0 unspecified atom stereocenters. The van der Waals surface area contributed by atoms with Crippen LogP contribution in [0.3, 0.4) is 0 Å². The number of likely N-dealkylation sites (tertiary alicyclic amines) is 1. The van der Waals surface area contributed by atoms with Gasteiger partial charge in [-0.25, -0.2) is 0 Å². The molecule has 4 nitrogen and oxygen atoms in total. The zero-order chi connectivity index (χ0) is 16.7. The second-order valence-corrected chi connectivity index (χ2v) is 7.83. The minimum absolute atomic E-state index is 0.284. The van der Waals surface area contributed by atoms with Crippen molar-refractivity contribution in [2.24, 2.45) is 11.8 Å². The first kappa shape index (κ1) is 15.7. The van der Waals surface area contributed by atoms with E-state index in [2.05, 4.69) is 48.0 Å². The molecule has 0 aliphatic carbocycles. The van der Waals surface area contributed by atoms with Gasteiger partial charge >= 0.3 is 0 Å². The fourth-order valence-electron chi connectivity index (χ4n) is 4.59. The number of aromatic nitrogens is 1. The fourth-order valence-corrected chi connectivity index (χ4v) is 4.59. The Morgan fingerprint density at radius 3 is 2.75 bits per heavy atom. The van der Waals surface area contributed by atoms with E-state index in [1.807, 2.05) is 4.90 Å². The lowest BCUT2D eigenvalue weighted by atomic mass is 9.92. The molecule has 1 amide bonds. The molecule has 4 rings (SSSR count). The third-order valence-corrected chi connectivity index (χ3v) is 5.54. The maximum Gasteiger partial charge on any atom is 0.237 e. The Hall–Kier alpha value is -1.81. The minimum atomic E-state index is 0.284. The number of para-hydroxylation sites is 1. The molecular formula is C20H27N3O. The number of benzene rings is 1. The van der Waals surface area contributed by atoms with E-state index in [0.717, 1.165) is 32.6 Å². The zero-order valence-corrected chi connectivity index (χ0v) is 14.7. The third kappa shape index (κ3) is 2.95. The molecule has 0 saturated carbocycles. The molecule has 2 aliphatic rings. The van der Waals surface area contributed by atoms with Crippen molar-refractivity contribution < 1.29 is 4.79 Å². The van der Waals surface area contributed by atoms with E-state index >= 15 is 0 Å². The van der Waals surface area contributed by atoms with Gasteiger partial charge in [0.05, 0.1) is 6.54 Å². The van der Waals surface area contributed by atoms with E-state index in [4.69, 9.17) is 0 Å². The number of nitrogens with one attached hydrogen (secondary N) is 1. The van der Waals surface area contributed by atoms with Crippen LogP contribution in [0.2, 0.25) is 0 Å². The lowest BCUT2D eigenvalue weighted by Crippen LogP contribution is -2.46. The van der Waals surface area contributed by atoms with Crippen LogP contribution in [0.1, 0.15) is 31.5 Å². The van der Waals surface area contributed by atoms with Gasteiger partial charge in [-0.15, -0.1) is 0 Å². The minimum Gasteiger partial charge on any atom is -0.358 e. The van der Waals surface area contributed by atoms with Gasteiger partial charge in [0.25, 0.3) is 0 Å². The van der Waals surface area contributed by atoms with Gasteiger partial charge < -0.3 is 9.88 Å². The molecule has 4 heteroatoms. The van der Waals surface area contributed by atoms with Crippen molar-refractivity contribution in [3.63, 3.8) is 0 Å². The summed E-state index contributed by atoms with van der Waals surface area (Å²) in [6, 6.07) is 8.42. The number of carbonyl (C=O) groups is 1. The monoisotopic (exact) mass is 325 g/mol. The van der Waals surface area contributed by atoms with Crippen molar-refractivity contribution in [1.29, 1.82) is 0 Å². The van der Waals surface area contributed by atoms with Crippen molar-refractivity contribution in [2.75, 3.05) is 26.2 Å². The third-order valence-electron chi connectivity index (χ3n) is 5.54. The van der Waals surface area contributed by atoms with Gasteiger partial charge in [0, 0.05) is 54.8 Å². The molecule has 128 valence electrons. The molecule has 2 aliphatic heterocycles. The number of nitrogens with zero attached hydrogens (tertiary/aromatic N) is 2. The lowest BCUT2D eigenvalue weighted by molar-refractivity contribution is -0.134. The number of rotatable bonds is 2. The summed E-state index contributed by atoms with van der Waals surface area (Å²) in [5.41, 5.74) is 3.81. The molecule has 1 N–H and O–H groups in total. The summed E-state index contributed by atoms with van der Waals surface area (Å²) in [6.45, 7) is 8.87. The molecule has 2 atom stereocenters. The molecule has 0 bridgehead atoms. The number of H-pyrrole nitrogens is 1. The fraction of sp³-hybridized carbons (Fsp3) is 0.550. The molecular weight excluding hydrogens is 298 g/mol. The first-order chi connectivity index (χ1) is 11.6. The quantitative estimate of drug-likeness (QED) is 0.922. The first-order valence-corrected chi connectivity index (χ1v) is 9.18. The van der Waals surface area contributed by atoms with E-state index in [9.17, 15) is 4.79 Å². The zero-order valence-electron chi connectivity index (χ0n) is 14.7. The summed E-state index contributed by atoms with van der Waals surface area (Å²) in [6.07, 6.45) is 2.22. The van der Waals surface area contributed by atoms with Crippen LogP contribution in [-0.4, -0.2) is 46.9 Å². The Bertz CT molecular complexity index is 740. The summed E-state index contributed by atoms with van der Waals surface area (Å²) in [5, 5.41) is 1.27. The first-order valence-electron chi connectivity index (χ1n) is 9.18. The molecule has 2 aromatic rings. The van der Waals surface area contributed by atoms with E-state index < -0.39 is 0 Å². The number of carbonyl (C=O) groups excluding carboxylic acids is 1. The maximum atomic E-state index is 12.8. The summed E-state index contributed by atoms with van der Waals surface area (Å²) >= 11 is 0. The van der Waals surface area contributed by atoms with Gasteiger partial charge in [-0.05, 0) is 24.3 Å². The lowest BCUT2D eigenvalue weighted by Gasteiger charge is -2.36. The second-order valence-electron chi connectivity index (χ2n) is 7.83. The van der Waals surface area contributed by atoms with Crippen molar-refractivity contribution in [3.05, 3.63) is 35.5 Å². The molecule has 1 aromatic heterocycles. The molecule has 0 spiro atoms. The van der Waals surface area contributed by atoms with Crippen molar-refractivity contribution in [2.45, 2.75) is 33.2 Å². The van der Waals surface area contributed by atoms with E-state index in [-0.39, 0.29) is 5.91 Å². The van der Waals surface area contributed by atoms with E-state index in [0.29, 0.717) is 18.4 Å². The largest absolute Gasteiger partial charge is 0.358 e. The van der Waals surface area contributed by atoms with E-state index in [1.165, 1.54) is 28.6 Å². The topological polar surface area (TPSA) is 39.3 Å². The number of hydrogen-bond acceptors (Lipinski definition) is 2. The van der Waals surface area contributed by atoms with Gasteiger partial charge in [-0.3, -0.25) is 9.69 Å². The summed E-state index contributed by atoms with van der Waals surface area (Å²) in [7, 11) is 0. The normalized spacial score (nSPS) is 25.0. The summed E-state index contributed by atoms with van der Waals surface area (Å²) in [4.78, 5) is 20.7. The molecule has 3 heterocycles. The van der Waals surface area contributed by atoms with Gasteiger partial charge in [-0.1, -0.05) is 32.0 Å². The van der Waals surface area contributed by atoms with Crippen LogP contribution >= 0.6 is 0 Å². The molecule has 1 aromatic carbocycles. The van der Waals surface area contributed by atoms with Crippen LogP contribution in [-0.2, 0) is 17.8 Å². The van der Waals surface area contributed by atoms with Crippen molar-refractivity contribution in [1.82, 2.24) is 14.8 Å². The van der Waals surface area contributed by atoms with Gasteiger partial charge in [-0.2, -0.15) is 0 Å². The van der Waals surface area contributed by atoms with Crippen LogP contribution in [0.5, 0.6) is 0 Å². The van der Waals surface area contributed by atoms with Crippen LogP contribution in [0.4, 0.5) is 0 Å². The van der Waals surface area contributed by atoms with Gasteiger partial charge in [0.1, 0.15) is 0 Å². The standard InChI is InChI=1S/C20H27N3O/c1-14-9-15(2)11-22(10-14)13-20(24)23-8-7-19-17(12-23)16-5-3-4-6-18(16)21-19/h3-6,14-15,21H,7-13H2,1-2H3/t14-,15-/m1/s1. The number of amides is 1. The Morgan fingerprint density at radius 1 is 1.21 bits per heavy atom. The maximum absolute atomic E-state index is 12.8. The van der Waals surface area contributed by atoms with Crippen LogP contribution in [0.25, 0.3) is 10.9 Å². The van der Waals surface area contributed by atoms with Crippen LogP contribution < -0.4 is 0 Å². The highest BCUT2D eigenvalue weighted by atomic mass is 16.2. The van der Waals surface area contributed by atoms with Crippen LogP contribution in [0, 0.1) is 11.8 Å². The van der Waals surface area contributed by atoms with E-state index in [1.54, 1.807) is 0 Å². The number of hydrogen-bond donors (Lipinski definition) is 1. The highest BCUT2D eigenvalue weighted by Gasteiger charge is 2.28. The van der Waals surface area contributed by atoms with Crippen molar-refractivity contribution >= 4 is 16.8 Å². The Morgan fingerprint density at radius 2 is 1.96 bits per heavy atom. The molecule has 24 heavy (non-hydrogen) atoms. The smallest absolute Gasteiger partial charge is 0.237 e. The summed E-state index contributed by atoms with van der Waals surface area (Å²) in [5.74, 6) is 1.68. The summed E-state index contributed by atoms with van der Waals surface area (Å²) < 4.78 is 0. The molecule has 1 saturated heterocycles. The number of aromatic amines is 1. The van der Waals surface area contributed by atoms with Crippen molar-refractivity contribution in [3.8, 4) is 0 Å². The number of piperidine rings is 1. The molecule has 1 fully saturated rings. The number of fused-ring (bicyclic) bond motifs is 3. The highest BCUT2D eigenvalue weighted by Crippen LogP contribution is 2.28.